The third-order valence-corrected chi connectivity index (χ3v) is 5.47. The molecular formula is C11H18N4O3S. The van der Waals surface area contributed by atoms with Crippen LogP contribution in [0, 0.1) is 5.92 Å². The van der Waals surface area contributed by atoms with Gasteiger partial charge in [-0.2, -0.15) is 4.31 Å². The third-order valence-electron chi connectivity index (χ3n) is 3.51. The van der Waals surface area contributed by atoms with Crippen molar-refractivity contribution < 1.29 is 13.5 Å². The Morgan fingerprint density at radius 3 is 3.00 bits per heavy atom. The average Bonchev–Trinajstić information content (AvgIpc) is 2.80. The molecule has 0 amide bonds. The molecule has 1 saturated heterocycles. The van der Waals surface area contributed by atoms with Gasteiger partial charge in [0.2, 0.25) is 10.0 Å². The van der Waals surface area contributed by atoms with Crippen molar-refractivity contribution in [1.29, 1.82) is 0 Å². The van der Waals surface area contributed by atoms with Crippen LogP contribution in [0.4, 0.5) is 5.82 Å². The number of hydrazine groups is 1. The minimum atomic E-state index is -3.71. The molecule has 2 rings (SSSR count). The van der Waals surface area contributed by atoms with Crippen LogP contribution in [0.5, 0.6) is 0 Å². The SMILES string of the molecule is CC1CCN(S(=O)(=O)c2cccnc2NN)C1CO. The first-order chi connectivity index (χ1) is 9.02. The molecule has 8 heteroatoms. The van der Waals surface area contributed by atoms with E-state index in [0.29, 0.717) is 6.54 Å². The first-order valence-corrected chi connectivity index (χ1v) is 7.50. The molecule has 7 nitrogen and oxygen atoms in total. The maximum Gasteiger partial charge on any atom is 0.247 e. The summed E-state index contributed by atoms with van der Waals surface area (Å²) in [5, 5.41) is 9.38. The lowest BCUT2D eigenvalue weighted by molar-refractivity contribution is 0.191. The lowest BCUT2D eigenvalue weighted by Gasteiger charge is -2.25. The van der Waals surface area contributed by atoms with Gasteiger partial charge in [0.05, 0.1) is 12.6 Å². The summed E-state index contributed by atoms with van der Waals surface area (Å²) in [6.45, 7) is 2.14. The average molecular weight is 286 g/mol. The number of anilines is 1. The molecule has 1 aliphatic rings. The standard InChI is InChI=1S/C11H18N4O3S/c1-8-4-6-15(9(8)7-16)19(17,18)10-3-2-5-13-11(10)14-12/h2-3,5,8-9,16H,4,6-7,12H2,1H3,(H,13,14). The minimum absolute atomic E-state index is 0.0325. The molecule has 1 aliphatic heterocycles. The lowest BCUT2D eigenvalue weighted by Crippen LogP contribution is -2.40. The zero-order valence-electron chi connectivity index (χ0n) is 10.7. The van der Waals surface area contributed by atoms with Crippen LogP contribution >= 0.6 is 0 Å². The van der Waals surface area contributed by atoms with Crippen molar-refractivity contribution in [2.75, 3.05) is 18.6 Å². The normalized spacial score (nSPS) is 24.6. The number of aromatic nitrogens is 1. The number of sulfonamides is 1. The van der Waals surface area contributed by atoms with Crippen LogP contribution in [0.2, 0.25) is 0 Å². The van der Waals surface area contributed by atoms with Gasteiger partial charge in [-0.25, -0.2) is 19.2 Å². The highest BCUT2D eigenvalue weighted by Crippen LogP contribution is 2.31. The van der Waals surface area contributed by atoms with E-state index in [1.165, 1.54) is 16.6 Å². The van der Waals surface area contributed by atoms with E-state index in [4.69, 9.17) is 5.84 Å². The molecule has 106 valence electrons. The van der Waals surface area contributed by atoms with Crippen LogP contribution in [0.3, 0.4) is 0 Å². The molecule has 0 aliphatic carbocycles. The van der Waals surface area contributed by atoms with Crippen molar-refractivity contribution >= 4 is 15.8 Å². The predicted molar refractivity (Wildman–Crippen MR) is 70.6 cm³/mol. The Bertz CT molecular complexity index is 549. The summed E-state index contributed by atoms with van der Waals surface area (Å²) < 4.78 is 26.5. The Balaban J connectivity index is 2.43. The first-order valence-electron chi connectivity index (χ1n) is 6.06. The molecule has 2 unspecified atom stereocenters. The van der Waals surface area contributed by atoms with Crippen LogP contribution in [-0.2, 0) is 10.0 Å². The van der Waals surface area contributed by atoms with E-state index in [1.807, 2.05) is 6.92 Å². The van der Waals surface area contributed by atoms with Crippen molar-refractivity contribution in [2.45, 2.75) is 24.3 Å². The minimum Gasteiger partial charge on any atom is -0.395 e. The molecule has 1 aromatic heterocycles. The largest absolute Gasteiger partial charge is 0.395 e. The summed E-state index contributed by atoms with van der Waals surface area (Å²) in [6, 6.07) is 2.60. The number of hydrogen-bond acceptors (Lipinski definition) is 6. The fraction of sp³-hybridized carbons (Fsp3) is 0.545. The Morgan fingerprint density at radius 1 is 1.63 bits per heavy atom. The fourth-order valence-corrected chi connectivity index (χ4v) is 4.21. The molecule has 2 atom stereocenters. The van der Waals surface area contributed by atoms with E-state index in [9.17, 15) is 13.5 Å². The van der Waals surface area contributed by atoms with Crippen molar-refractivity contribution in [2.24, 2.45) is 11.8 Å². The van der Waals surface area contributed by atoms with Crippen molar-refractivity contribution in [3.63, 3.8) is 0 Å². The lowest BCUT2D eigenvalue weighted by atomic mass is 10.0. The Hall–Kier alpha value is -1.22. The highest BCUT2D eigenvalue weighted by atomic mass is 32.2. The second-order valence-electron chi connectivity index (χ2n) is 4.63. The van der Waals surface area contributed by atoms with E-state index in [-0.39, 0.29) is 23.2 Å². The van der Waals surface area contributed by atoms with E-state index in [2.05, 4.69) is 10.4 Å². The number of aliphatic hydroxyl groups is 1. The van der Waals surface area contributed by atoms with Crippen LogP contribution in [0.25, 0.3) is 0 Å². The topological polar surface area (TPSA) is 109 Å². The molecule has 19 heavy (non-hydrogen) atoms. The van der Waals surface area contributed by atoms with Crippen LogP contribution in [-0.4, -0.2) is 42.0 Å². The molecule has 0 spiro atoms. The number of hydrogen-bond donors (Lipinski definition) is 3. The summed E-state index contributed by atoms with van der Waals surface area (Å²) >= 11 is 0. The number of nitrogen functional groups attached to an aromatic ring is 1. The van der Waals surface area contributed by atoms with E-state index in [0.717, 1.165) is 6.42 Å². The third kappa shape index (κ3) is 2.44. The van der Waals surface area contributed by atoms with Gasteiger partial charge in [0, 0.05) is 12.7 Å². The number of nitrogens with one attached hydrogen (secondary N) is 1. The Morgan fingerprint density at radius 2 is 2.37 bits per heavy atom. The Labute approximate surface area is 112 Å². The number of rotatable bonds is 4. The first kappa shape index (κ1) is 14.2. The quantitative estimate of drug-likeness (QED) is 0.520. The molecule has 0 aromatic carbocycles. The summed E-state index contributed by atoms with van der Waals surface area (Å²) in [5.41, 5.74) is 2.29. The molecule has 1 aromatic rings. The number of aliphatic hydroxyl groups excluding tert-OH is 1. The maximum atomic E-state index is 12.6. The number of pyridine rings is 1. The van der Waals surface area contributed by atoms with E-state index in [1.54, 1.807) is 6.07 Å². The Kier molecular flexibility index (Phi) is 4.04. The highest BCUT2D eigenvalue weighted by molar-refractivity contribution is 7.89. The molecule has 0 radical (unpaired) electrons. The zero-order chi connectivity index (χ0) is 14.0. The van der Waals surface area contributed by atoms with Crippen LogP contribution in [0.1, 0.15) is 13.3 Å². The maximum absolute atomic E-state index is 12.6. The molecule has 0 bridgehead atoms. The molecular weight excluding hydrogens is 268 g/mol. The second kappa shape index (κ2) is 5.41. The number of nitrogens with zero attached hydrogens (tertiary/aromatic N) is 2. The zero-order valence-corrected chi connectivity index (χ0v) is 11.5. The molecule has 2 heterocycles. The molecule has 4 N–H and O–H groups in total. The summed E-state index contributed by atoms with van der Waals surface area (Å²) in [4.78, 5) is 3.93. The van der Waals surface area contributed by atoms with Gasteiger partial charge in [0.25, 0.3) is 0 Å². The summed E-state index contributed by atoms with van der Waals surface area (Å²) in [5.74, 6) is 5.54. The second-order valence-corrected chi connectivity index (χ2v) is 6.49. The van der Waals surface area contributed by atoms with Gasteiger partial charge in [-0.15, -0.1) is 0 Å². The summed E-state index contributed by atoms with van der Waals surface area (Å²) in [7, 11) is -3.71. The van der Waals surface area contributed by atoms with Gasteiger partial charge in [0.1, 0.15) is 4.90 Å². The van der Waals surface area contributed by atoms with E-state index < -0.39 is 16.1 Å². The van der Waals surface area contributed by atoms with Crippen molar-refractivity contribution in [1.82, 2.24) is 9.29 Å². The van der Waals surface area contributed by atoms with Crippen LogP contribution in [0.15, 0.2) is 23.2 Å². The van der Waals surface area contributed by atoms with Gasteiger partial charge in [-0.05, 0) is 24.5 Å². The van der Waals surface area contributed by atoms with Crippen LogP contribution < -0.4 is 11.3 Å². The molecule has 0 saturated carbocycles. The smallest absolute Gasteiger partial charge is 0.247 e. The van der Waals surface area contributed by atoms with Gasteiger partial charge in [-0.1, -0.05) is 6.92 Å². The predicted octanol–water partition coefficient (Wildman–Crippen LogP) is -0.241. The van der Waals surface area contributed by atoms with Crippen molar-refractivity contribution in [3.05, 3.63) is 18.3 Å². The van der Waals surface area contributed by atoms with Crippen molar-refractivity contribution in [3.8, 4) is 0 Å². The fourth-order valence-electron chi connectivity index (χ4n) is 2.38. The number of nitrogens with two attached hydrogens (primary N) is 1. The van der Waals surface area contributed by atoms with Gasteiger partial charge in [-0.3, -0.25) is 0 Å². The molecule has 1 fully saturated rings. The van der Waals surface area contributed by atoms with Gasteiger partial charge in [0.15, 0.2) is 5.82 Å². The van der Waals surface area contributed by atoms with Gasteiger partial charge >= 0.3 is 0 Å². The monoisotopic (exact) mass is 286 g/mol. The highest BCUT2D eigenvalue weighted by Gasteiger charge is 2.40. The van der Waals surface area contributed by atoms with Gasteiger partial charge < -0.3 is 10.5 Å². The van der Waals surface area contributed by atoms with E-state index >= 15 is 0 Å². The summed E-state index contributed by atoms with van der Waals surface area (Å²) in [6.07, 6.45) is 2.19.